The molecule has 4 aromatic heterocycles. The second-order valence-corrected chi connectivity index (χ2v) is 16.1. The van der Waals surface area contributed by atoms with Crippen LogP contribution >= 0.6 is 0 Å². The number of anilines is 1. The van der Waals surface area contributed by atoms with Gasteiger partial charge in [0.2, 0.25) is 11.8 Å². The van der Waals surface area contributed by atoms with Crippen LogP contribution in [0.15, 0.2) is 104 Å². The Morgan fingerprint density at radius 2 is 1.72 bits per heavy atom. The van der Waals surface area contributed by atoms with Crippen molar-refractivity contribution in [3.05, 3.63) is 121 Å². The minimum absolute atomic E-state index is 0.111. The van der Waals surface area contributed by atoms with Gasteiger partial charge in [-0.3, -0.25) is 14.6 Å². The summed E-state index contributed by atoms with van der Waals surface area (Å²) >= 11 is 0. The number of ether oxygens (including phenoxy) is 3. The van der Waals surface area contributed by atoms with E-state index in [4.69, 9.17) is 14.2 Å². The zero-order valence-electron chi connectivity index (χ0n) is 33.5. The van der Waals surface area contributed by atoms with E-state index >= 15 is 0 Å². The first-order valence-corrected chi connectivity index (χ1v) is 20.7. The topological polar surface area (TPSA) is 124 Å². The molecule has 1 aliphatic carbocycles. The molecule has 1 N–H and O–H groups in total. The molecular weight excluding hydrogens is 755 g/mol. The van der Waals surface area contributed by atoms with Crippen molar-refractivity contribution in [1.82, 2.24) is 29.7 Å². The van der Waals surface area contributed by atoms with Gasteiger partial charge in [0.25, 0.3) is 5.91 Å². The lowest BCUT2D eigenvalue weighted by Crippen LogP contribution is -2.49. The number of rotatable bonds is 9. The van der Waals surface area contributed by atoms with Crippen LogP contribution in [0.25, 0.3) is 32.9 Å². The number of hydrogen-bond acceptors (Lipinski definition) is 9. The first kappa shape index (κ1) is 37.6. The number of aryl methyl sites for hydroxylation is 1. The molecule has 1 unspecified atom stereocenters. The first-order valence-electron chi connectivity index (χ1n) is 20.7. The van der Waals surface area contributed by atoms with Crippen LogP contribution in [0.5, 0.6) is 11.6 Å². The minimum atomic E-state index is -0.492. The van der Waals surface area contributed by atoms with Gasteiger partial charge in [-0.05, 0) is 91.3 Å². The molecule has 12 nitrogen and oxygen atoms in total. The Balaban J connectivity index is 0.660. The highest BCUT2D eigenvalue weighted by molar-refractivity contribution is 6.08. The van der Waals surface area contributed by atoms with Gasteiger partial charge in [-0.1, -0.05) is 24.6 Å². The molecule has 12 heteroatoms. The molecule has 0 bridgehead atoms. The Kier molecular flexibility index (Phi) is 9.89. The largest absolute Gasteiger partial charge is 0.481 e. The van der Waals surface area contributed by atoms with E-state index in [2.05, 4.69) is 85.5 Å². The molecule has 3 aliphatic heterocycles. The van der Waals surface area contributed by atoms with E-state index in [1.54, 1.807) is 23.2 Å². The van der Waals surface area contributed by atoms with Crippen molar-refractivity contribution < 1.29 is 23.8 Å². The molecule has 1 atom stereocenters. The maximum absolute atomic E-state index is 13.0. The maximum Gasteiger partial charge on any atom is 0.255 e. The molecule has 10 rings (SSSR count). The molecule has 7 heterocycles. The second kappa shape index (κ2) is 15.8. The van der Waals surface area contributed by atoms with Gasteiger partial charge in [0.05, 0.1) is 17.7 Å². The fourth-order valence-electron chi connectivity index (χ4n) is 8.92. The van der Waals surface area contributed by atoms with Gasteiger partial charge in [0, 0.05) is 109 Å². The maximum atomic E-state index is 13.0. The molecule has 60 heavy (non-hydrogen) atoms. The number of benzene rings is 2. The van der Waals surface area contributed by atoms with E-state index in [1.165, 1.54) is 16.4 Å². The van der Waals surface area contributed by atoms with Gasteiger partial charge < -0.3 is 33.9 Å². The average Bonchev–Trinajstić information content (AvgIpc) is 3.74. The lowest BCUT2D eigenvalue weighted by atomic mass is 9.91. The number of piperidine rings is 2. The number of pyridine rings is 3. The Bertz CT molecular complexity index is 2700. The third-order valence-electron chi connectivity index (χ3n) is 12.3. The summed E-state index contributed by atoms with van der Waals surface area (Å²) < 4.78 is 20.9. The molecule has 2 saturated heterocycles. The predicted molar refractivity (Wildman–Crippen MR) is 228 cm³/mol. The van der Waals surface area contributed by atoms with Crippen LogP contribution in [0.2, 0.25) is 0 Å². The van der Waals surface area contributed by atoms with Crippen LogP contribution in [0.3, 0.4) is 0 Å². The normalized spacial score (nSPS) is 20.4. The monoisotopic (exact) mass is 799 g/mol. The Labute approximate surface area is 348 Å². The van der Waals surface area contributed by atoms with Crippen molar-refractivity contribution in [2.24, 2.45) is 7.05 Å². The van der Waals surface area contributed by atoms with Crippen molar-refractivity contribution in [3.63, 3.8) is 0 Å². The van der Waals surface area contributed by atoms with Crippen molar-refractivity contribution in [1.29, 1.82) is 0 Å². The summed E-state index contributed by atoms with van der Waals surface area (Å²) in [7, 11) is 2.09. The molecule has 1 saturated carbocycles. The highest BCUT2D eigenvalue weighted by Crippen LogP contribution is 2.35. The number of fused-ring (bicyclic) bond motifs is 4. The van der Waals surface area contributed by atoms with Crippen LogP contribution in [-0.2, 0) is 23.1 Å². The SMILES string of the molecule is C=C1CCC(N2Cc3cc(OCC#Cc4cc(N5CCC(OC6CC(Oc7ccc(-c8ccc9c%10cnccc%10n(C)c9c8)cn7)C6)CC5)ccn4)ccc3C2=O)C(=O)N1. The number of carbonyl (C=O) groups excluding carboxylic acids is 2. The lowest BCUT2D eigenvalue weighted by molar-refractivity contribution is -0.126. The summed E-state index contributed by atoms with van der Waals surface area (Å²) in [5, 5.41) is 5.13. The molecule has 2 aromatic carbocycles. The zero-order chi connectivity index (χ0) is 40.7. The summed E-state index contributed by atoms with van der Waals surface area (Å²) in [5.74, 6) is 7.18. The van der Waals surface area contributed by atoms with Gasteiger partial charge in [0.1, 0.15) is 30.2 Å². The van der Waals surface area contributed by atoms with Crippen LogP contribution in [0.4, 0.5) is 5.69 Å². The van der Waals surface area contributed by atoms with E-state index in [-0.39, 0.29) is 36.7 Å². The smallest absolute Gasteiger partial charge is 0.255 e. The van der Waals surface area contributed by atoms with Gasteiger partial charge in [-0.15, -0.1) is 0 Å². The average molecular weight is 800 g/mol. The van der Waals surface area contributed by atoms with Crippen LogP contribution in [0.1, 0.15) is 60.1 Å². The third-order valence-corrected chi connectivity index (χ3v) is 12.3. The van der Waals surface area contributed by atoms with Gasteiger partial charge in [0.15, 0.2) is 0 Å². The molecule has 6 aromatic rings. The quantitative estimate of drug-likeness (QED) is 0.155. The fraction of sp³-hybridized carbons (Fsp3) is 0.312. The van der Waals surface area contributed by atoms with E-state index in [9.17, 15) is 9.59 Å². The number of aromatic nitrogens is 4. The Morgan fingerprint density at radius 3 is 2.55 bits per heavy atom. The van der Waals surface area contributed by atoms with E-state index in [0.717, 1.165) is 66.5 Å². The fourth-order valence-corrected chi connectivity index (χ4v) is 8.92. The first-order chi connectivity index (χ1) is 29.3. The molecule has 4 aliphatic rings. The summed E-state index contributed by atoms with van der Waals surface area (Å²) in [4.78, 5) is 43.0. The number of allylic oxidation sites excluding steroid dienone is 1. The van der Waals surface area contributed by atoms with Crippen molar-refractivity contribution in [2.75, 3.05) is 24.6 Å². The number of nitrogens with zero attached hydrogens (tertiary/aromatic N) is 6. The summed E-state index contributed by atoms with van der Waals surface area (Å²) in [5.41, 5.74) is 8.43. The number of nitrogens with one attached hydrogen (secondary N) is 1. The van der Waals surface area contributed by atoms with E-state index < -0.39 is 6.04 Å². The number of amides is 2. The van der Waals surface area contributed by atoms with Gasteiger partial charge in [-0.25, -0.2) is 9.97 Å². The van der Waals surface area contributed by atoms with Crippen LogP contribution in [-0.4, -0.2) is 80.3 Å². The summed E-state index contributed by atoms with van der Waals surface area (Å²) in [6.45, 7) is 6.19. The predicted octanol–water partition coefficient (Wildman–Crippen LogP) is 6.96. The molecular formula is C48H45N7O5. The second-order valence-electron chi connectivity index (χ2n) is 16.1. The van der Waals surface area contributed by atoms with Crippen molar-refractivity contribution >= 4 is 39.3 Å². The van der Waals surface area contributed by atoms with Gasteiger partial charge >= 0.3 is 0 Å². The highest BCUT2D eigenvalue weighted by atomic mass is 16.5. The van der Waals surface area contributed by atoms with Crippen molar-refractivity contribution in [3.8, 4) is 34.6 Å². The molecule has 3 fully saturated rings. The standard InChI is InChI=1S/C48H45N7O5/c1-30-5-11-44(47(56)52-30)55-29-33-22-37(8-10-40(33)48(55)57)58-21-3-4-34-24-35(13-18-50-34)54-19-15-36(16-20-54)59-38-25-39(26-38)60-46-12-7-32(27-51-46)31-6-9-41-42-28-49-17-14-43(42)53(2)45(41)23-31/h6-10,12-14,17-18,22-24,27-28,36,38-39,44H,1,5,11,15-16,19-21,25-26,29H2,2H3,(H,52,56). The Morgan fingerprint density at radius 1 is 0.850 bits per heavy atom. The van der Waals surface area contributed by atoms with Gasteiger partial charge in [-0.2, -0.15) is 0 Å². The highest BCUT2D eigenvalue weighted by Gasteiger charge is 2.38. The summed E-state index contributed by atoms with van der Waals surface area (Å²) in [6, 6.07) is 21.6. The molecule has 0 radical (unpaired) electrons. The van der Waals surface area contributed by atoms with Crippen molar-refractivity contribution in [2.45, 2.75) is 69.4 Å². The van der Waals surface area contributed by atoms with Crippen LogP contribution in [0, 0.1) is 11.8 Å². The minimum Gasteiger partial charge on any atom is -0.481 e. The third kappa shape index (κ3) is 7.41. The molecule has 302 valence electrons. The van der Waals surface area contributed by atoms with Crippen LogP contribution < -0.4 is 19.7 Å². The molecule has 2 amide bonds. The lowest BCUT2D eigenvalue weighted by Gasteiger charge is -2.40. The number of hydrogen-bond donors (Lipinski definition) is 1. The van der Waals surface area contributed by atoms with E-state index in [0.29, 0.717) is 48.0 Å². The van der Waals surface area contributed by atoms with E-state index in [1.807, 2.05) is 42.9 Å². The number of carbonyl (C=O) groups is 2. The summed E-state index contributed by atoms with van der Waals surface area (Å²) in [6.07, 6.45) is 12.9. The molecule has 0 spiro atoms. The zero-order valence-corrected chi connectivity index (χ0v) is 33.5. The Hall–Kier alpha value is -6.71.